The first-order valence-corrected chi connectivity index (χ1v) is 6.78. The van der Waals surface area contributed by atoms with Crippen molar-refractivity contribution < 1.29 is 14.0 Å². The highest BCUT2D eigenvalue weighted by atomic mass is 19.1. The lowest BCUT2D eigenvalue weighted by Gasteiger charge is -2.17. The van der Waals surface area contributed by atoms with Gasteiger partial charge in [0.05, 0.1) is 0 Å². The number of hydrogen-bond donors (Lipinski definition) is 1. The van der Waals surface area contributed by atoms with E-state index in [9.17, 15) is 14.0 Å². The molecule has 1 aliphatic rings. The lowest BCUT2D eigenvalue weighted by molar-refractivity contribution is 0.0946. The molecule has 0 unspecified atom stereocenters. The van der Waals surface area contributed by atoms with Crippen LogP contribution in [0.15, 0.2) is 36.4 Å². The van der Waals surface area contributed by atoms with Crippen LogP contribution >= 0.6 is 0 Å². The maximum Gasteiger partial charge on any atom is 0.251 e. The molecule has 3 nitrogen and oxygen atoms in total. The van der Waals surface area contributed by atoms with Crippen molar-refractivity contribution in [2.24, 2.45) is 0 Å². The maximum absolute atomic E-state index is 13.3. The molecule has 0 bridgehead atoms. The van der Waals surface area contributed by atoms with Crippen molar-refractivity contribution in [1.82, 2.24) is 5.32 Å². The summed E-state index contributed by atoms with van der Waals surface area (Å²) in [7, 11) is 0. The molecule has 0 radical (unpaired) electrons. The van der Waals surface area contributed by atoms with Crippen LogP contribution in [0.2, 0.25) is 0 Å². The molecule has 21 heavy (non-hydrogen) atoms. The van der Waals surface area contributed by atoms with Crippen molar-refractivity contribution in [2.45, 2.75) is 13.3 Å². The molecule has 1 aliphatic heterocycles. The van der Waals surface area contributed by atoms with Crippen LogP contribution in [0.3, 0.4) is 0 Å². The molecule has 1 amide bonds. The van der Waals surface area contributed by atoms with E-state index in [0.717, 1.165) is 12.0 Å². The average Bonchev–Trinajstić information content (AvgIpc) is 2.49. The van der Waals surface area contributed by atoms with Crippen LogP contribution in [0.1, 0.15) is 37.4 Å². The van der Waals surface area contributed by atoms with Crippen LogP contribution in [0.25, 0.3) is 0 Å². The van der Waals surface area contributed by atoms with E-state index in [1.54, 1.807) is 31.2 Å². The zero-order valence-electron chi connectivity index (χ0n) is 11.6. The van der Waals surface area contributed by atoms with Gasteiger partial charge in [-0.25, -0.2) is 4.39 Å². The minimum absolute atomic E-state index is 0.165. The highest BCUT2D eigenvalue weighted by molar-refractivity contribution is 6.11. The Morgan fingerprint density at radius 2 is 2.00 bits per heavy atom. The fraction of sp³-hybridized carbons (Fsp3) is 0.176. The van der Waals surface area contributed by atoms with Crippen LogP contribution in [0, 0.1) is 12.7 Å². The minimum Gasteiger partial charge on any atom is -0.352 e. The molecule has 2 aromatic rings. The largest absolute Gasteiger partial charge is 0.352 e. The Morgan fingerprint density at radius 3 is 2.81 bits per heavy atom. The summed E-state index contributed by atoms with van der Waals surface area (Å²) in [6.45, 7) is 2.37. The second kappa shape index (κ2) is 5.13. The summed E-state index contributed by atoms with van der Waals surface area (Å²) in [6, 6.07) is 9.23. The number of amides is 1. The monoisotopic (exact) mass is 283 g/mol. The molecular formula is C17H14FNO2. The summed E-state index contributed by atoms with van der Waals surface area (Å²) >= 11 is 0. The molecule has 3 rings (SSSR count). The molecular weight excluding hydrogens is 269 g/mol. The fourth-order valence-corrected chi connectivity index (χ4v) is 2.55. The van der Waals surface area contributed by atoms with E-state index >= 15 is 0 Å². The maximum atomic E-state index is 13.3. The third-order valence-electron chi connectivity index (χ3n) is 3.74. The van der Waals surface area contributed by atoms with Gasteiger partial charge in [-0.2, -0.15) is 0 Å². The highest BCUT2D eigenvalue weighted by Gasteiger charge is 2.20. The molecule has 1 N–H and O–H groups in total. The van der Waals surface area contributed by atoms with Gasteiger partial charge in [-0.05, 0) is 42.7 Å². The van der Waals surface area contributed by atoms with Gasteiger partial charge in [-0.3, -0.25) is 9.59 Å². The SMILES string of the molecule is Cc1ccc(F)cc1C(=O)c1ccc2c(c1)C(=O)NCC2. The second-order valence-corrected chi connectivity index (χ2v) is 5.17. The fourth-order valence-electron chi connectivity index (χ4n) is 2.55. The Labute approximate surface area is 121 Å². The van der Waals surface area contributed by atoms with Gasteiger partial charge in [0.25, 0.3) is 5.91 Å². The first-order chi connectivity index (χ1) is 10.1. The molecule has 0 saturated heterocycles. The zero-order valence-corrected chi connectivity index (χ0v) is 11.6. The van der Waals surface area contributed by atoms with Gasteiger partial charge in [0.2, 0.25) is 0 Å². The van der Waals surface area contributed by atoms with Gasteiger partial charge >= 0.3 is 0 Å². The van der Waals surface area contributed by atoms with E-state index in [1.165, 1.54) is 12.1 Å². The summed E-state index contributed by atoms with van der Waals surface area (Å²) in [5.74, 6) is -0.880. The number of carbonyl (C=O) groups is 2. The molecule has 0 atom stereocenters. The van der Waals surface area contributed by atoms with Gasteiger partial charge in [0, 0.05) is 23.2 Å². The Morgan fingerprint density at radius 1 is 1.19 bits per heavy atom. The van der Waals surface area contributed by atoms with Gasteiger partial charge in [-0.1, -0.05) is 18.2 Å². The molecule has 106 valence electrons. The number of ketones is 1. The van der Waals surface area contributed by atoms with Gasteiger partial charge in [-0.15, -0.1) is 0 Å². The first-order valence-electron chi connectivity index (χ1n) is 6.78. The van der Waals surface area contributed by atoms with E-state index in [1.807, 2.05) is 0 Å². The van der Waals surface area contributed by atoms with Crippen LogP contribution in [-0.2, 0) is 6.42 Å². The molecule has 2 aromatic carbocycles. The molecule has 1 heterocycles. The van der Waals surface area contributed by atoms with Crippen LogP contribution in [0.4, 0.5) is 4.39 Å². The number of hydrogen-bond acceptors (Lipinski definition) is 2. The minimum atomic E-state index is -0.445. The first kappa shape index (κ1) is 13.5. The lowest BCUT2D eigenvalue weighted by Crippen LogP contribution is -2.32. The third-order valence-corrected chi connectivity index (χ3v) is 3.74. The normalized spacial score (nSPS) is 13.5. The van der Waals surface area contributed by atoms with Crippen LogP contribution in [-0.4, -0.2) is 18.2 Å². The number of nitrogens with one attached hydrogen (secondary N) is 1. The topological polar surface area (TPSA) is 46.2 Å². The summed E-state index contributed by atoms with van der Waals surface area (Å²) in [5, 5.41) is 2.75. The van der Waals surface area contributed by atoms with E-state index in [2.05, 4.69) is 5.32 Å². The third kappa shape index (κ3) is 2.44. The van der Waals surface area contributed by atoms with Crippen molar-refractivity contribution in [1.29, 1.82) is 0 Å². The van der Waals surface area contributed by atoms with Gasteiger partial charge < -0.3 is 5.32 Å². The van der Waals surface area contributed by atoms with Crippen molar-refractivity contribution in [3.8, 4) is 0 Å². The molecule has 0 aromatic heterocycles. The van der Waals surface area contributed by atoms with E-state index < -0.39 is 5.82 Å². The second-order valence-electron chi connectivity index (χ2n) is 5.17. The zero-order chi connectivity index (χ0) is 15.0. The summed E-state index contributed by atoms with van der Waals surface area (Å²) in [6.07, 6.45) is 0.758. The molecule has 0 aliphatic carbocycles. The number of carbonyl (C=O) groups excluding carboxylic acids is 2. The van der Waals surface area contributed by atoms with Gasteiger partial charge in [0.15, 0.2) is 5.78 Å². The summed E-state index contributed by atoms with van der Waals surface area (Å²) in [4.78, 5) is 24.3. The van der Waals surface area contributed by atoms with E-state index in [0.29, 0.717) is 28.8 Å². The molecule has 0 fully saturated rings. The smallest absolute Gasteiger partial charge is 0.251 e. The van der Waals surface area contributed by atoms with Crippen molar-refractivity contribution in [2.75, 3.05) is 6.54 Å². The number of fused-ring (bicyclic) bond motifs is 1. The van der Waals surface area contributed by atoms with Crippen LogP contribution < -0.4 is 5.32 Å². The lowest BCUT2D eigenvalue weighted by atomic mass is 9.93. The Hall–Kier alpha value is -2.49. The van der Waals surface area contributed by atoms with E-state index in [4.69, 9.17) is 0 Å². The predicted octanol–water partition coefficient (Wildman–Crippen LogP) is 2.65. The summed E-state index contributed by atoms with van der Waals surface area (Å²) in [5.41, 5.74) is 2.90. The molecule has 0 spiro atoms. The predicted molar refractivity (Wildman–Crippen MR) is 77.0 cm³/mol. The van der Waals surface area contributed by atoms with Gasteiger partial charge in [0.1, 0.15) is 5.82 Å². The van der Waals surface area contributed by atoms with Crippen molar-refractivity contribution in [3.05, 3.63) is 70.0 Å². The quantitative estimate of drug-likeness (QED) is 0.861. The van der Waals surface area contributed by atoms with E-state index in [-0.39, 0.29) is 11.7 Å². The number of benzene rings is 2. The Bertz CT molecular complexity index is 752. The van der Waals surface area contributed by atoms with Crippen molar-refractivity contribution in [3.63, 3.8) is 0 Å². The molecule has 0 saturated carbocycles. The molecule has 4 heteroatoms. The standard InChI is InChI=1S/C17H14FNO2/c1-10-2-5-13(18)9-14(10)16(20)12-4-3-11-6-7-19-17(21)15(11)8-12/h2-5,8-9H,6-7H2,1H3,(H,19,21). The average molecular weight is 283 g/mol. The Kier molecular flexibility index (Phi) is 3.29. The number of rotatable bonds is 2. The number of halogens is 1. The Balaban J connectivity index is 2.04. The van der Waals surface area contributed by atoms with Crippen molar-refractivity contribution >= 4 is 11.7 Å². The van der Waals surface area contributed by atoms with Crippen LogP contribution in [0.5, 0.6) is 0 Å². The summed E-state index contributed by atoms with van der Waals surface area (Å²) < 4.78 is 13.3. The highest BCUT2D eigenvalue weighted by Crippen LogP contribution is 2.20. The number of aryl methyl sites for hydroxylation is 1.